The summed E-state index contributed by atoms with van der Waals surface area (Å²) in [5, 5.41) is 19.0. The van der Waals surface area contributed by atoms with Crippen molar-refractivity contribution in [1.29, 1.82) is 0 Å². The quantitative estimate of drug-likeness (QED) is 0.798. The van der Waals surface area contributed by atoms with E-state index in [4.69, 9.17) is 14.3 Å². The monoisotopic (exact) mass is 269 g/mol. The van der Waals surface area contributed by atoms with Crippen molar-refractivity contribution in [2.24, 2.45) is 0 Å². The van der Waals surface area contributed by atoms with Crippen LogP contribution in [0.4, 0.5) is 0 Å². The van der Waals surface area contributed by atoms with Crippen LogP contribution in [-0.4, -0.2) is 47.5 Å². The van der Waals surface area contributed by atoms with Crippen molar-refractivity contribution in [3.05, 3.63) is 28.3 Å². The summed E-state index contributed by atoms with van der Waals surface area (Å²) in [5.74, 6) is 0.761. The minimum atomic E-state index is -0.961. The molecule has 2 heterocycles. The molecule has 0 amide bonds. The van der Waals surface area contributed by atoms with Gasteiger partial charge in [-0.25, -0.2) is 0 Å². The summed E-state index contributed by atoms with van der Waals surface area (Å²) < 4.78 is 10.2. The molecular formula is C13H19NO5. The molecule has 0 aromatic carbocycles. The highest BCUT2D eigenvalue weighted by Gasteiger charge is 2.31. The molecule has 1 aliphatic rings. The minimum absolute atomic E-state index is 0.192. The third kappa shape index (κ3) is 3.34. The highest BCUT2D eigenvalue weighted by Crippen LogP contribution is 2.22. The first-order valence-electron chi connectivity index (χ1n) is 6.28. The van der Waals surface area contributed by atoms with E-state index in [1.54, 1.807) is 0 Å². The Balaban J connectivity index is 1.96. The van der Waals surface area contributed by atoms with Crippen LogP contribution < -0.4 is 10.2 Å². The van der Waals surface area contributed by atoms with Gasteiger partial charge in [0, 0.05) is 19.2 Å². The van der Waals surface area contributed by atoms with Crippen LogP contribution >= 0.6 is 0 Å². The van der Waals surface area contributed by atoms with Gasteiger partial charge < -0.3 is 19.4 Å². The number of likely N-dealkylation sites (tertiary alicyclic amines) is 1. The topological polar surface area (TPSA) is 83.1 Å². The number of aliphatic hydroxyl groups excluding tert-OH is 1. The van der Waals surface area contributed by atoms with Gasteiger partial charge in [-0.05, 0) is 12.8 Å². The third-order valence-electron chi connectivity index (χ3n) is 3.53. The van der Waals surface area contributed by atoms with Crippen molar-refractivity contribution in [3.8, 4) is 5.75 Å². The van der Waals surface area contributed by atoms with Gasteiger partial charge in [0.2, 0.25) is 11.2 Å². The molecule has 2 rings (SSSR count). The molecule has 0 atom stereocenters. The average molecular weight is 269 g/mol. The van der Waals surface area contributed by atoms with Gasteiger partial charge in [0.1, 0.15) is 12.0 Å². The SMILES string of the molecule is COc1coc(CN2CCC(O)(CO)CC2)cc1=O. The highest BCUT2D eigenvalue weighted by molar-refractivity contribution is 5.17. The maximum Gasteiger partial charge on any atom is 0.227 e. The van der Waals surface area contributed by atoms with Crippen molar-refractivity contribution < 1.29 is 19.4 Å². The van der Waals surface area contributed by atoms with Gasteiger partial charge in [-0.2, -0.15) is 0 Å². The first-order valence-corrected chi connectivity index (χ1v) is 6.28. The summed E-state index contributed by atoms with van der Waals surface area (Å²) in [7, 11) is 1.42. The lowest BCUT2D eigenvalue weighted by molar-refractivity contribution is -0.0614. The standard InChI is InChI=1S/C13H19NO5/c1-18-12-8-19-10(6-11(12)16)7-14-4-2-13(17,9-15)3-5-14/h6,8,15,17H,2-5,7,9H2,1H3. The van der Waals surface area contributed by atoms with E-state index in [2.05, 4.69) is 4.90 Å². The molecule has 0 aliphatic carbocycles. The number of ether oxygens (including phenoxy) is 1. The largest absolute Gasteiger partial charge is 0.490 e. The van der Waals surface area contributed by atoms with Crippen LogP contribution in [0.25, 0.3) is 0 Å². The predicted molar refractivity (Wildman–Crippen MR) is 68.1 cm³/mol. The average Bonchev–Trinajstić information content (AvgIpc) is 2.42. The summed E-state index contributed by atoms with van der Waals surface area (Å²) in [6.07, 6.45) is 2.35. The fraction of sp³-hybridized carbons (Fsp3) is 0.615. The fourth-order valence-corrected chi connectivity index (χ4v) is 2.18. The van der Waals surface area contributed by atoms with E-state index in [0.717, 1.165) is 0 Å². The minimum Gasteiger partial charge on any atom is -0.490 e. The van der Waals surface area contributed by atoms with Crippen LogP contribution in [0.15, 0.2) is 21.5 Å². The normalized spacial score (nSPS) is 19.3. The number of methoxy groups -OCH3 is 1. The number of aliphatic hydroxyl groups is 2. The number of hydrogen-bond acceptors (Lipinski definition) is 6. The first kappa shape index (κ1) is 14.0. The van der Waals surface area contributed by atoms with Crippen molar-refractivity contribution in [2.45, 2.75) is 25.0 Å². The molecule has 1 aromatic heterocycles. The van der Waals surface area contributed by atoms with Crippen LogP contribution in [0.1, 0.15) is 18.6 Å². The van der Waals surface area contributed by atoms with Gasteiger partial charge in [0.05, 0.1) is 25.9 Å². The zero-order chi connectivity index (χ0) is 13.9. The molecule has 1 saturated heterocycles. The van der Waals surface area contributed by atoms with Gasteiger partial charge in [0.15, 0.2) is 0 Å². The van der Waals surface area contributed by atoms with Crippen LogP contribution in [0.3, 0.4) is 0 Å². The smallest absolute Gasteiger partial charge is 0.227 e. The summed E-state index contributed by atoms with van der Waals surface area (Å²) in [5.41, 5.74) is -1.16. The van der Waals surface area contributed by atoms with Crippen molar-refractivity contribution in [3.63, 3.8) is 0 Å². The van der Waals surface area contributed by atoms with Gasteiger partial charge in [-0.15, -0.1) is 0 Å². The van der Waals surface area contributed by atoms with Crippen molar-refractivity contribution in [2.75, 3.05) is 26.8 Å². The molecule has 0 radical (unpaired) electrons. The second-order valence-electron chi connectivity index (χ2n) is 4.94. The van der Waals surface area contributed by atoms with Crippen molar-refractivity contribution >= 4 is 0 Å². The first-order chi connectivity index (χ1) is 9.06. The Kier molecular flexibility index (Phi) is 4.24. The summed E-state index contributed by atoms with van der Waals surface area (Å²) in [6.45, 7) is 1.62. The molecule has 0 spiro atoms. The zero-order valence-electron chi connectivity index (χ0n) is 11.0. The van der Waals surface area contributed by atoms with Gasteiger partial charge >= 0.3 is 0 Å². The highest BCUT2D eigenvalue weighted by atomic mass is 16.5. The maximum atomic E-state index is 11.6. The van der Waals surface area contributed by atoms with E-state index < -0.39 is 5.60 Å². The maximum absolute atomic E-state index is 11.6. The molecule has 106 valence electrons. The Labute approximate surface area is 111 Å². The molecule has 6 heteroatoms. The molecule has 19 heavy (non-hydrogen) atoms. The second-order valence-corrected chi connectivity index (χ2v) is 4.94. The van der Waals surface area contributed by atoms with E-state index in [9.17, 15) is 9.90 Å². The third-order valence-corrected chi connectivity index (χ3v) is 3.53. The predicted octanol–water partition coefficient (Wildman–Crippen LogP) is -0.0324. The second kappa shape index (κ2) is 5.73. The Bertz CT molecular complexity index is 476. The fourth-order valence-electron chi connectivity index (χ4n) is 2.18. The lowest BCUT2D eigenvalue weighted by Gasteiger charge is -2.36. The Morgan fingerprint density at radius 3 is 2.68 bits per heavy atom. The molecule has 6 nitrogen and oxygen atoms in total. The van der Waals surface area contributed by atoms with Crippen molar-refractivity contribution in [1.82, 2.24) is 4.90 Å². The summed E-state index contributed by atoms with van der Waals surface area (Å²) >= 11 is 0. The van der Waals surface area contributed by atoms with Crippen LogP contribution in [0.2, 0.25) is 0 Å². The van der Waals surface area contributed by atoms with E-state index in [1.807, 2.05) is 0 Å². The lowest BCUT2D eigenvalue weighted by Crippen LogP contribution is -2.46. The molecule has 0 saturated carbocycles. The lowest BCUT2D eigenvalue weighted by atomic mass is 9.92. The Morgan fingerprint density at radius 1 is 1.47 bits per heavy atom. The van der Waals surface area contributed by atoms with Gasteiger partial charge in [0.25, 0.3) is 0 Å². The summed E-state index contributed by atoms with van der Waals surface area (Å²) in [4.78, 5) is 13.7. The van der Waals surface area contributed by atoms with Gasteiger partial charge in [-0.3, -0.25) is 9.69 Å². The van der Waals surface area contributed by atoms with Crippen LogP contribution in [0.5, 0.6) is 5.75 Å². The van der Waals surface area contributed by atoms with Crippen LogP contribution in [-0.2, 0) is 6.54 Å². The molecule has 0 bridgehead atoms. The molecule has 1 fully saturated rings. The Hall–Kier alpha value is -1.37. The van der Waals surface area contributed by atoms with E-state index in [0.29, 0.717) is 38.2 Å². The molecule has 2 N–H and O–H groups in total. The molecule has 1 aromatic rings. The summed E-state index contributed by atoms with van der Waals surface area (Å²) in [6, 6.07) is 1.42. The number of hydrogen-bond donors (Lipinski definition) is 2. The Morgan fingerprint density at radius 2 is 2.16 bits per heavy atom. The van der Waals surface area contributed by atoms with Crippen LogP contribution in [0, 0.1) is 0 Å². The molecule has 1 aliphatic heterocycles. The zero-order valence-corrected chi connectivity index (χ0v) is 11.0. The van der Waals surface area contributed by atoms with E-state index in [1.165, 1.54) is 19.4 Å². The molecule has 0 unspecified atom stereocenters. The molecular weight excluding hydrogens is 250 g/mol. The number of piperidine rings is 1. The van der Waals surface area contributed by atoms with E-state index >= 15 is 0 Å². The number of rotatable bonds is 4. The van der Waals surface area contributed by atoms with Gasteiger partial charge in [-0.1, -0.05) is 0 Å². The van der Waals surface area contributed by atoms with E-state index in [-0.39, 0.29) is 17.8 Å². The number of nitrogens with zero attached hydrogens (tertiary/aromatic N) is 1.